The molecule has 1 N–H and O–H groups in total. The largest absolute Gasteiger partial charge is 0.482 e. The summed E-state index contributed by atoms with van der Waals surface area (Å²) in [4.78, 5) is 0. The maximum atomic E-state index is 12.4. The number of hydrogen-bond donors (Lipinski definition) is 1. The van der Waals surface area contributed by atoms with Crippen LogP contribution in [0.4, 0.5) is 18.9 Å². The highest BCUT2D eigenvalue weighted by molar-refractivity contribution is 6.32. The Bertz CT molecular complexity index is 596. The summed E-state index contributed by atoms with van der Waals surface area (Å²) in [7, 11) is 1.69. The first-order valence-corrected chi connectivity index (χ1v) is 6.03. The van der Waals surface area contributed by atoms with Crippen LogP contribution >= 0.6 is 11.6 Å². The van der Waals surface area contributed by atoms with Gasteiger partial charge < -0.3 is 14.5 Å². The van der Waals surface area contributed by atoms with E-state index in [4.69, 9.17) is 20.8 Å². The average Bonchev–Trinajstić information content (AvgIpc) is 2.85. The van der Waals surface area contributed by atoms with Crippen LogP contribution in [0.3, 0.4) is 0 Å². The first-order valence-electron chi connectivity index (χ1n) is 5.65. The number of halogens is 4. The lowest BCUT2D eigenvalue weighted by Crippen LogP contribution is -2.02. The number of furan rings is 1. The molecule has 0 aliphatic rings. The van der Waals surface area contributed by atoms with Crippen LogP contribution in [0.2, 0.25) is 5.02 Å². The summed E-state index contributed by atoms with van der Waals surface area (Å²) < 4.78 is 47.5. The Morgan fingerprint density at radius 3 is 2.70 bits per heavy atom. The quantitative estimate of drug-likeness (QED) is 0.898. The van der Waals surface area contributed by atoms with Crippen LogP contribution in [-0.4, -0.2) is 7.05 Å². The molecule has 0 atom stereocenters. The number of benzene rings is 1. The zero-order valence-corrected chi connectivity index (χ0v) is 11.2. The van der Waals surface area contributed by atoms with Crippen LogP contribution in [0.5, 0.6) is 5.75 Å². The molecule has 108 valence electrons. The standard InChI is InChI=1S/C13H11ClF3NO2/c1-18-11-4-2-3-10(14)12(11)20-7-9-5-8(6-19-9)13(15,16)17/h2-6,18H,7H2,1H3. The van der Waals surface area contributed by atoms with Gasteiger partial charge in [-0.1, -0.05) is 17.7 Å². The molecule has 0 amide bonds. The normalized spacial score (nSPS) is 11.4. The molecule has 2 rings (SSSR count). The van der Waals surface area contributed by atoms with Crippen molar-refractivity contribution in [3.05, 3.63) is 46.9 Å². The number of alkyl halides is 3. The van der Waals surface area contributed by atoms with Gasteiger partial charge >= 0.3 is 6.18 Å². The second kappa shape index (κ2) is 5.66. The SMILES string of the molecule is CNc1cccc(Cl)c1OCc1cc(C(F)(F)F)co1. The molecule has 0 bridgehead atoms. The minimum Gasteiger partial charge on any atom is -0.482 e. The number of rotatable bonds is 4. The van der Waals surface area contributed by atoms with Crippen molar-refractivity contribution >= 4 is 17.3 Å². The van der Waals surface area contributed by atoms with Crippen molar-refractivity contribution in [3.63, 3.8) is 0 Å². The van der Waals surface area contributed by atoms with Gasteiger partial charge in [0.2, 0.25) is 0 Å². The van der Waals surface area contributed by atoms with Crippen molar-refractivity contribution in [3.8, 4) is 5.75 Å². The van der Waals surface area contributed by atoms with Crippen LogP contribution in [0.1, 0.15) is 11.3 Å². The molecule has 1 aromatic carbocycles. The number of hydrogen-bond acceptors (Lipinski definition) is 3. The molecule has 0 saturated heterocycles. The van der Waals surface area contributed by atoms with Gasteiger partial charge in [-0.3, -0.25) is 0 Å². The number of para-hydroxylation sites is 1. The highest BCUT2D eigenvalue weighted by Crippen LogP contribution is 2.34. The summed E-state index contributed by atoms with van der Waals surface area (Å²) >= 11 is 5.98. The van der Waals surface area contributed by atoms with E-state index in [9.17, 15) is 13.2 Å². The lowest BCUT2D eigenvalue weighted by Gasteiger charge is -2.11. The van der Waals surface area contributed by atoms with Gasteiger partial charge in [0.1, 0.15) is 18.6 Å². The highest BCUT2D eigenvalue weighted by atomic mass is 35.5. The number of ether oxygens (including phenoxy) is 1. The van der Waals surface area contributed by atoms with Crippen LogP contribution < -0.4 is 10.1 Å². The fourth-order valence-electron chi connectivity index (χ4n) is 1.60. The van der Waals surface area contributed by atoms with E-state index in [0.717, 1.165) is 6.07 Å². The zero-order valence-electron chi connectivity index (χ0n) is 10.4. The van der Waals surface area contributed by atoms with Crippen LogP contribution in [0.25, 0.3) is 0 Å². The fraction of sp³-hybridized carbons (Fsp3) is 0.231. The minimum absolute atomic E-state index is 0.0688. The molecule has 7 heteroatoms. The molecule has 1 aromatic heterocycles. The molecule has 0 fully saturated rings. The van der Waals surface area contributed by atoms with Gasteiger partial charge in [0.25, 0.3) is 0 Å². The van der Waals surface area contributed by atoms with E-state index in [1.54, 1.807) is 25.2 Å². The van der Waals surface area contributed by atoms with Crippen molar-refractivity contribution in [1.29, 1.82) is 0 Å². The molecular formula is C13H11ClF3NO2. The van der Waals surface area contributed by atoms with E-state index >= 15 is 0 Å². The number of anilines is 1. The zero-order chi connectivity index (χ0) is 14.8. The van der Waals surface area contributed by atoms with Crippen molar-refractivity contribution in [1.82, 2.24) is 0 Å². The third-order valence-corrected chi connectivity index (χ3v) is 2.87. The first-order chi connectivity index (χ1) is 9.41. The van der Waals surface area contributed by atoms with Crippen LogP contribution in [-0.2, 0) is 12.8 Å². The molecule has 1 heterocycles. The summed E-state index contributed by atoms with van der Waals surface area (Å²) in [6, 6.07) is 6.00. The molecular weight excluding hydrogens is 295 g/mol. The second-order valence-corrected chi connectivity index (χ2v) is 4.36. The van der Waals surface area contributed by atoms with Gasteiger partial charge in [-0.25, -0.2) is 0 Å². The molecule has 0 aliphatic heterocycles. The molecule has 0 spiro atoms. The van der Waals surface area contributed by atoms with E-state index in [0.29, 0.717) is 22.7 Å². The lowest BCUT2D eigenvalue weighted by atomic mass is 10.3. The topological polar surface area (TPSA) is 34.4 Å². The predicted octanol–water partition coefficient (Wildman–Crippen LogP) is 4.57. The van der Waals surface area contributed by atoms with Crippen molar-refractivity contribution in [2.24, 2.45) is 0 Å². The molecule has 20 heavy (non-hydrogen) atoms. The van der Waals surface area contributed by atoms with Gasteiger partial charge in [-0.2, -0.15) is 13.2 Å². The summed E-state index contributed by atoms with van der Waals surface area (Å²) in [6.45, 7) is -0.144. The van der Waals surface area contributed by atoms with E-state index in [-0.39, 0.29) is 12.4 Å². The van der Waals surface area contributed by atoms with Gasteiger partial charge in [0.15, 0.2) is 5.75 Å². The molecule has 0 saturated carbocycles. The molecule has 0 radical (unpaired) electrons. The van der Waals surface area contributed by atoms with Crippen LogP contribution in [0.15, 0.2) is 34.9 Å². The van der Waals surface area contributed by atoms with Gasteiger partial charge in [0, 0.05) is 7.05 Å². The summed E-state index contributed by atoms with van der Waals surface area (Å²) in [5.41, 5.74) is -0.204. The predicted molar refractivity (Wildman–Crippen MR) is 69.0 cm³/mol. The Hall–Kier alpha value is -1.82. The number of nitrogens with one attached hydrogen (secondary N) is 1. The Balaban J connectivity index is 2.11. The first kappa shape index (κ1) is 14.6. The van der Waals surface area contributed by atoms with Gasteiger partial charge in [-0.05, 0) is 18.2 Å². The lowest BCUT2D eigenvalue weighted by molar-refractivity contribution is -0.137. The van der Waals surface area contributed by atoms with Crippen LogP contribution in [0, 0.1) is 0 Å². The van der Waals surface area contributed by atoms with E-state index in [2.05, 4.69) is 5.32 Å². The van der Waals surface area contributed by atoms with E-state index in [1.807, 2.05) is 0 Å². The summed E-state index contributed by atoms with van der Waals surface area (Å²) in [5.74, 6) is 0.431. The Kier molecular flexibility index (Phi) is 4.13. The third-order valence-electron chi connectivity index (χ3n) is 2.58. The Morgan fingerprint density at radius 2 is 2.10 bits per heavy atom. The van der Waals surface area contributed by atoms with Gasteiger partial charge in [0.05, 0.1) is 16.3 Å². The maximum absolute atomic E-state index is 12.4. The molecule has 3 nitrogen and oxygen atoms in total. The Labute approximate surface area is 118 Å². The third kappa shape index (κ3) is 3.19. The fourth-order valence-corrected chi connectivity index (χ4v) is 1.83. The maximum Gasteiger partial charge on any atom is 0.419 e. The minimum atomic E-state index is -4.43. The van der Waals surface area contributed by atoms with Crippen molar-refractivity contribution in [2.45, 2.75) is 12.8 Å². The van der Waals surface area contributed by atoms with Gasteiger partial charge in [-0.15, -0.1) is 0 Å². The molecule has 2 aromatic rings. The summed E-state index contributed by atoms with van der Waals surface area (Å²) in [5, 5.41) is 3.24. The second-order valence-electron chi connectivity index (χ2n) is 3.95. The van der Waals surface area contributed by atoms with Crippen molar-refractivity contribution < 1.29 is 22.3 Å². The Morgan fingerprint density at radius 1 is 1.35 bits per heavy atom. The van der Waals surface area contributed by atoms with Crippen molar-refractivity contribution in [2.75, 3.05) is 12.4 Å². The van der Waals surface area contributed by atoms with E-state index < -0.39 is 11.7 Å². The smallest absolute Gasteiger partial charge is 0.419 e. The average molecular weight is 306 g/mol. The monoisotopic (exact) mass is 305 g/mol. The highest BCUT2D eigenvalue weighted by Gasteiger charge is 2.32. The van der Waals surface area contributed by atoms with E-state index in [1.165, 1.54) is 0 Å². The summed E-state index contributed by atoms with van der Waals surface area (Å²) in [6.07, 6.45) is -3.77. The molecule has 0 aliphatic carbocycles. The molecule has 0 unspecified atom stereocenters.